The first kappa shape index (κ1) is 32.4. The van der Waals surface area contributed by atoms with Gasteiger partial charge in [0.25, 0.3) is 10.0 Å². The summed E-state index contributed by atoms with van der Waals surface area (Å²) in [5.74, 6) is -1.43. The van der Waals surface area contributed by atoms with Crippen molar-refractivity contribution in [3.63, 3.8) is 0 Å². The number of sulfonamides is 1. The third-order valence-electron chi connectivity index (χ3n) is 6.73. The average Bonchev–Trinajstić information content (AvgIpc) is 2.94. The maximum Gasteiger partial charge on any atom is 0.264 e. The van der Waals surface area contributed by atoms with Gasteiger partial charge >= 0.3 is 0 Å². The molecule has 2 atom stereocenters. The number of benzene rings is 3. The SMILES string of the molecule is CC[C@@H](C)NC(=O)[C@@H](CC)N(Cc1ccc(F)cc1)C(=O)CN(c1ccc(Cl)c(Cl)c1)S(=O)(=O)c1ccc(C)cc1. The van der Waals surface area contributed by atoms with Crippen LogP contribution in [0.2, 0.25) is 10.0 Å². The van der Waals surface area contributed by atoms with Gasteiger partial charge in [0.2, 0.25) is 11.8 Å². The Kier molecular flexibility index (Phi) is 11.2. The Balaban J connectivity index is 2.08. The normalized spacial score (nSPS) is 12.9. The van der Waals surface area contributed by atoms with E-state index in [1.54, 1.807) is 19.1 Å². The number of hydrogen-bond donors (Lipinski definition) is 1. The molecule has 3 rings (SSSR count). The predicted octanol–water partition coefficient (Wildman–Crippen LogP) is 6.36. The highest BCUT2D eigenvalue weighted by Gasteiger charge is 2.34. The van der Waals surface area contributed by atoms with Crippen molar-refractivity contribution in [2.45, 2.75) is 64.1 Å². The highest BCUT2D eigenvalue weighted by atomic mass is 35.5. The van der Waals surface area contributed by atoms with E-state index in [9.17, 15) is 22.4 Å². The Hall–Kier alpha value is -3.14. The molecule has 11 heteroatoms. The lowest BCUT2D eigenvalue weighted by Gasteiger charge is -2.33. The van der Waals surface area contributed by atoms with Crippen molar-refractivity contribution in [1.82, 2.24) is 10.2 Å². The number of halogens is 3. The minimum absolute atomic E-state index is 0.0198. The van der Waals surface area contributed by atoms with Gasteiger partial charge in [-0.2, -0.15) is 0 Å². The minimum Gasteiger partial charge on any atom is -0.352 e. The molecular formula is C30H34Cl2FN3O4S. The predicted molar refractivity (Wildman–Crippen MR) is 161 cm³/mol. The molecule has 1 N–H and O–H groups in total. The van der Waals surface area contributed by atoms with E-state index in [1.807, 2.05) is 20.8 Å². The van der Waals surface area contributed by atoms with Crippen LogP contribution in [0, 0.1) is 12.7 Å². The van der Waals surface area contributed by atoms with E-state index < -0.39 is 34.3 Å². The largest absolute Gasteiger partial charge is 0.352 e. The second kappa shape index (κ2) is 14.2. The lowest BCUT2D eigenvalue weighted by atomic mass is 10.1. The molecule has 0 spiro atoms. The number of rotatable bonds is 12. The van der Waals surface area contributed by atoms with Crippen molar-refractivity contribution in [2.24, 2.45) is 0 Å². The van der Waals surface area contributed by atoms with Gasteiger partial charge in [-0.25, -0.2) is 12.8 Å². The molecule has 0 aliphatic heterocycles. The molecule has 220 valence electrons. The van der Waals surface area contributed by atoms with E-state index >= 15 is 0 Å². The number of anilines is 1. The number of nitrogens with one attached hydrogen (secondary N) is 1. The van der Waals surface area contributed by atoms with Gasteiger partial charge in [0, 0.05) is 12.6 Å². The zero-order valence-electron chi connectivity index (χ0n) is 23.4. The lowest BCUT2D eigenvalue weighted by molar-refractivity contribution is -0.140. The molecule has 3 aromatic rings. The Labute approximate surface area is 251 Å². The summed E-state index contributed by atoms with van der Waals surface area (Å²) in [6.07, 6.45) is 0.959. The fourth-order valence-corrected chi connectivity index (χ4v) is 5.85. The summed E-state index contributed by atoms with van der Waals surface area (Å²) in [7, 11) is -4.25. The van der Waals surface area contributed by atoms with Gasteiger partial charge in [-0.1, -0.05) is 66.9 Å². The number of carbonyl (C=O) groups is 2. The monoisotopic (exact) mass is 621 g/mol. The Morgan fingerprint density at radius 1 is 0.927 bits per heavy atom. The molecule has 0 saturated carbocycles. The smallest absolute Gasteiger partial charge is 0.264 e. The molecule has 7 nitrogen and oxygen atoms in total. The van der Waals surface area contributed by atoms with Gasteiger partial charge in [0.1, 0.15) is 18.4 Å². The van der Waals surface area contributed by atoms with Crippen LogP contribution in [-0.4, -0.2) is 43.8 Å². The van der Waals surface area contributed by atoms with Crippen LogP contribution in [0.15, 0.2) is 71.6 Å². The topological polar surface area (TPSA) is 86.8 Å². The first-order valence-electron chi connectivity index (χ1n) is 13.3. The molecule has 0 unspecified atom stereocenters. The molecule has 41 heavy (non-hydrogen) atoms. The average molecular weight is 623 g/mol. The first-order valence-corrected chi connectivity index (χ1v) is 15.5. The molecule has 2 amide bonds. The molecule has 3 aromatic carbocycles. The molecule has 0 bridgehead atoms. The van der Waals surface area contributed by atoms with Crippen LogP contribution in [0.25, 0.3) is 0 Å². The van der Waals surface area contributed by atoms with E-state index in [1.165, 1.54) is 59.5 Å². The number of carbonyl (C=O) groups excluding carboxylic acids is 2. The van der Waals surface area contributed by atoms with Crippen LogP contribution in [0.3, 0.4) is 0 Å². The molecule has 0 aromatic heterocycles. The van der Waals surface area contributed by atoms with Gasteiger partial charge in [-0.3, -0.25) is 13.9 Å². The summed E-state index contributed by atoms with van der Waals surface area (Å²) in [5, 5.41) is 3.25. The maximum atomic E-state index is 14.0. The fraction of sp³-hybridized carbons (Fsp3) is 0.333. The summed E-state index contributed by atoms with van der Waals surface area (Å²) in [6, 6.07) is 15.1. The van der Waals surface area contributed by atoms with Crippen LogP contribution in [0.5, 0.6) is 0 Å². The maximum absolute atomic E-state index is 14.0. The Bertz CT molecular complexity index is 1470. The van der Waals surface area contributed by atoms with Crippen molar-refractivity contribution in [1.29, 1.82) is 0 Å². The van der Waals surface area contributed by atoms with Crippen LogP contribution in [-0.2, 0) is 26.2 Å². The van der Waals surface area contributed by atoms with Crippen molar-refractivity contribution in [2.75, 3.05) is 10.8 Å². The zero-order valence-corrected chi connectivity index (χ0v) is 25.7. The summed E-state index contributed by atoms with van der Waals surface area (Å²) < 4.78 is 42.4. The number of aryl methyl sites for hydroxylation is 1. The van der Waals surface area contributed by atoms with Crippen LogP contribution in [0.4, 0.5) is 10.1 Å². The zero-order chi connectivity index (χ0) is 30.3. The van der Waals surface area contributed by atoms with Crippen LogP contribution < -0.4 is 9.62 Å². The van der Waals surface area contributed by atoms with E-state index in [2.05, 4.69) is 5.32 Å². The van der Waals surface area contributed by atoms with Gasteiger partial charge in [-0.15, -0.1) is 0 Å². The van der Waals surface area contributed by atoms with Gasteiger partial charge < -0.3 is 10.2 Å². The van der Waals surface area contributed by atoms with Crippen molar-refractivity contribution in [3.8, 4) is 0 Å². The summed E-state index contributed by atoms with van der Waals surface area (Å²) in [6.45, 7) is 6.73. The summed E-state index contributed by atoms with van der Waals surface area (Å²) in [4.78, 5) is 28.7. The second-order valence-corrected chi connectivity index (χ2v) is 12.5. The molecule has 0 saturated heterocycles. The summed E-state index contributed by atoms with van der Waals surface area (Å²) in [5.41, 5.74) is 1.58. The molecule has 0 radical (unpaired) electrons. The molecule has 0 aliphatic rings. The lowest BCUT2D eigenvalue weighted by Crippen LogP contribution is -2.53. The van der Waals surface area contributed by atoms with Crippen molar-refractivity contribution < 1.29 is 22.4 Å². The molecule has 0 fully saturated rings. The Morgan fingerprint density at radius 2 is 1.56 bits per heavy atom. The van der Waals surface area contributed by atoms with Gasteiger partial charge in [0.05, 0.1) is 20.6 Å². The van der Waals surface area contributed by atoms with E-state index in [-0.39, 0.29) is 45.5 Å². The molecule has 0 heterocycles. The third kappa shape index (κ3) is 8.21. The van der Waals surface area contributed by atoms with Crippen LogP contribution >= 0.6 is 23.2 Å². The van der Waals surface area contributed by atoms with Crippen molar-refractivity contribution in [3.05, 3.63) is 93.7 Å². The quantitative estimate of drug-likeness (QED) is 0.255. The first-order chi connectivity index (χ1) is 19.4. The number of nitrogens with zero attached hydrogens (tertiary/aromatic N) is 2. The summed E-state index contributed by atoms with van der Waals surface area (Å²) >= 11 is 12.3. The highest BCUT2D eigenvalue weighted by molar-refractivity contribution is 7.92. The molecular weight excluding hydrogens is 588 g/mol. The molecule has 0 aliphatic carbocycles. The fourth-order valence-electron chi connectivity index (χ4n) is 4.15. The van der Waals surface area contributed by atoms with Gasteiger partial charge in [-0.05, 0) is 74.7 Å². The highest BCUT2D eigenvalue weighted by Crippen LogP contribution is 2.31. The van der Waals surface area contributed by atoms with E-state index in [0.29, 0.717) is 12.0 Å². The Morgan fingerprint density at radius 3 is 2.12 bits per heavy atom. The number of hydrogen-bond acceptors (Lipinski definition) is 4. The number of amides is 2. The van der Waals surface area contributed by atoms with Crippen LogP contribution in [0.1, 0.15) is 44.7 Å². The third-order valence-corrected chi connectivity index (χ3v) is 9.26. The minimum atomic E-state index is -4.25. The van der Waals surface area contributed by atoms with E-state index in [0.717, 1.165) is 9.87 Å². The van der Waals surface area contributed by atoms with Gasteiger partial charge in [0.15, 0.2) is 0 Å². The van der Waals surface area contributed by atoms with E-state index in [4.69, 9.17) is 23.2 Å². The standard InChI is InChI=1S/C30H34Cl2FN3O4S/c1-5-21(4)34-30(38)28(6-2)35(18-22-9-11-23(33)12-10-22)29(37)19-36(24-13-16-26(31)27(32)17-24)41(39,40)25-14-7-20(3)8-15-25/h7-17,21,28H,5-6,18-19H2,1-4H3,(H,34,38)/t21-,28-/m1/s1. The van der Waals surface area contributed by atoms with Crippen molar-refractivity contribution >= 4 is 50.7 Å². The second-order valence-electron chi connectivity index (χ2n) is 9.81.